The van der Waals surface area contributed by atoms with Crippen LogP contribution >= 0.6 is 7.82 Å². The van der Waals surface area contributed by atoms with Gasteiger partial charge in [0.05, 0.1) is 0 Å². The van der Waals surface area contributed by atoms with Gasteiger partial charge < -0.3 is 26.8 Å². The zero-order chi connectivity index (χ0) is 11.6. The van der Waals surface area contributed by atoms with Gasteiger partial charge in [-0.05, 0) is 0 Å². The fourth-order valence-corrected chi connectivity index (χ4v) is 0.307. The molecule has 0 aromatic heterocycles. The maximum atomic E-state index is 10.3. The Balaban J connectivity index is -0.0000000904. The van der Waals surface area contributed by atoms with E-state index in [1.54, 1.807) is 0 Å². The molecule has 0 aliphatic heterocycles. The first-order valence-electron chi connectivity index (χ1n) is 3.74. The van der Waals surface area contributed by atoms with Crippen LogP contribution in [0.1, 0.15) is 19.8 Å². The standard InChI is InChI=1S/C7H11O2.CH3.Mg.H3O4P/c1-3-5-6-9-7(8)4-2;;;1-5(2,3)4/h4,6H,2-3,5H2,1H3;1H3;;(H3,1,2,3,4)/q2*-1;+2;. The molecule has 0 aromatic rings. The molecule has 0 radical (unpaired) electrons. The topological polar surface area (TPSA) is 104 Å². The van der Waals surface area contributed by atoms with Crippen LogP contribution in [0.3, 0.4) is 0 Å². The van der Waals surface area contributed by atoms with Gasteiger partial charge in [0.25, 0.3) is 5.97 Å². The second-order valence-electron chi connectivity index (χ2n) is 2.11. The van der Waals surface area contributed by atoms with Crippen molar-refractivity contribution in [3.63, 3.8) is 0 Å². The van der Waals surface area contributed by atoms with Crippen LogP contribution in [-0.2, 0) is 14.1 Å². The van der Waals surface area contributed by atoms with E-state index in [9.17, 15) is 4.79 Å². The quantitative estimate of drug-likeness (QED) is 0.173. The molecule has 16 heavy (non-hydrogen) atoms. The van der Waals surface area contributed by atoms with E-state index in [0.29, 0.717) is 0 Å². The Morgan fingerprint density at radius 2 is 1.88 bits per heavy atom. The molecular formula is C8H17MgO6P. The predicted molar refractivity (Wildman–Crippen MR) is 61.9 cm³/mol. The molecule has 0 aromatic carbocycles. The molecule has 0 rings (SSSR count). The molecule has 92 valence electrons. The number of ether oxygens (including phenoxy) is 1. The number of phosphoric acid groups is 1. The minimum atomic E-state index is -4.64. The number of hydrogen-bond acceptors (Lipinski definition) is 3. The Labute approximate surface area is 112 Å². The monoisotopic (exact) mass is 264 g/mol. The van der Waals surface area contributed by atoms with E-state index in [-0.39, 0.29) is 36.4 Å². The van der Waals surface area contributed by atoms with Gasteiger partial charge in [-0.15, -0.1) is 6.42 Å². The average molecular weight is 264 g/mol. The first kappa shape index (κ1) is 25.1. The maximum absolute atomic E-state index is 10.3. The Morgan fingerprint density at radius 1 is 1.50 bits per heavy atom. The van der Waals surface area contributed by atoms with Gasteiger partial charge in [0, 0.05) is 6.08 Å². The largest absolute Gasteiger partial charge is 2.00 e. The summed E-state index contributed by atoms with van der Waals surface area (Å²) in [7, 11) is -4.64. The second-order valence-corrected chi connectivity index (χ2v) is 3.14. The molecule has 0 amide bonds. The maximum Gasteiger partial charge on any atom is 2.00 e. The smallest absolute Gasteiger partial charge is 0.634 e. The summed E-state index contributed by atoms with van der Waals surface area (Å²) >= 11 is 0. The Bertz CT molecular complexity index is 206. The van der Waals surface area contributed by atoms with Crippen LogP contribution in [0, 0.1) is 14.0 Å². The second kappa shape index (κ2) is 15.1. The van der Waals surface area contributed by atoms with Crippen LogP contribution < -0.4 is 0 Å². The normalized spacial score (nSPS) is 8.50. The van der Waals surface area contributed by atoms with Crippen molar-refractivity contribution in [2.24, 2.45) is 0 Å². The van der Waals surface area contributed by atoms with Crippen molar-refractivity contribution < 1.29 is 28.8 Å². The summed E-state index contributed by atoms with van der Waals surface area (Å²) in [6, 6.07) is 0. The van der Waals surface area contributed by atoms with Crippen LogP contribution in [0.15, 0.2) is 12.7 Å². The summed E-state index contributed by atoms with van der Waals surface area (Å²) in [5.41, 5.74) is 0. The van der Waals surface area contributed by atoms with E-state index in [1.807, 2.05) is 6.92 Å². The number of carbonyl (C=O) groups is 1. The molecular weight excluding hydrogens is 247 g/mol. The number of rotatable bonds is 4. The molecule has 0 unspecified atom stereocenters. The van der Waals surface area contributed by atoms with E-state index in [0.717, 1.165) is 18.9 Å². The molecule has 3 N–H and O–H groups in total. The van der Waals surface area contributed by atoms with E-state index < -0.39 is 7.82 Å². The fourth-order valence-electron chi connectivity index (χ4n) is 0.307. The molecule has 0 aliphatic rings. The van der Waals surface area contributed by atoms with Gasteiger partial charge in [0.1, 0.15) is 0 Å². The molecule has 0 heterocycles. The molecule has 0 bridgehead atoms. The van der Waals surface area contributed by atoms with Gasteiger partial charge in [-0.2, -0.15) is 6.61 Å². The first-order valence-corrected chi connectivity index (χ1v) is 5.30. The van der Waals surface area contributed by atoms with Crippen LogP contribution in [0.4, 0.5) is 0 Å². The Hall–Kier alpha value is 0.0862. The van der Waals surface area contributed by atoms with E-state index in [4.69, 9.17) is 19.2 Å². The predicted octanol–water partition coefficient (Wildman–Crippen LogP) is 0.818. The summed E-state index contributed by atoms with van der Waals surface area (Å²) in [6.45, 7) is 6.75. The SMILES string of the molecule is C=CC(=O)O[CH-]CCC.O=P(O)(O)O.[CH3-].[Mg+2]. The molecule has 8 heteroatoms. The zero-order valence-corrected chi connectivity index (χ0v) is 11.8. The fraction of sp³-hybridized carbons (Fsp3) is 0.375. The van der Waals surface area contributed by atoms with Crippen LogP contribution in [-0.4, -0.2) is 43.7 Å². The van der Waals surface area contributed by atoms with Crippen LogP contribution in [0.2, 0.25) is 0 Å². The number of carbonyl (C=O) groups excluding carboxylic acids is 1. The average Bonchev–Trinajstić information content (AvgIpc) is 2.01. The molecule has 6 nitrogen and oxygen atoms in total. The summed E-state index contributed by atoms with van der Waals surface area (Å²) in [6.07, 6.45) is 2.94. The Morgan fingerprint density at radius 3 is 2.12 bits per heavy atom. The van der Waals surface area contributed by atoms with Crippen molar-refractivity contribution in [3.05, 3.63) is 26.7 Å². The first-order chi connectivity index (χ1) is 6.31. The van der Waals surface area contributed by atoms with E-state index in [2.05, 4.69) is 11.3 Å². The molecule has 0 saturated carbocycles. The number of unbranched alkanes of at least 4 members (excludes halogenated alkanes) is 1. The van der Waals surface area contributed by atoms with Crippen molar-refractivity contribution >= 4 is 36.8 Å². The summed E-state index contributed by atoms with van der Waals surface area (Å²) in [5, 5.41) is 0. The van der Waals surface area contributed by atoms with Crippen molar-refractivity contribution in [3.8, 4) is 0 Å². The molecule has 0 spiro atoms. The van der Waals surface area contributed by atoms with Gasteiger partial charge in [0.2, 0.25) is 0 Å². The summed E-state index contributed by atoms with van der Waals surface area (Å²) < 4.78 is 13.4. The third-order valence-corrected chi connectivity index (χ3v) is 0.773. The van der Waals surface area contributed by atoms with E-state index >= 15 is 0 Å². The van der Waals surface area contributed by atoms with Gasteiger partial charge >= 0.3 is 30.9 Å². The number of hydrogen-bond donors (Lipinski definition) is 3. The van der Waals surface area contributed by atoms with Crippen molar-refractivity contribution in [2.75, 3.05) is 0 Å². The van der Waals surface area contributed by atoms with Crippen molar-refractivity contribution in [1.29, 1.82) is 0 Å². The van der Waals surface area contributed by atoms with Gasteiger partial charge in [0.15, 0.2) is 0 Å². The van der Waals surface area contributed by atoms with Gasteiger partial charge in [-0.25, -0.2) is 9.36 Å². The van der Waals surface area contributed by atoms with Gasteiger partial charge in [-0.3, -0.25) is 0 Å². The Kier molecular flexibility index (Phi) is 23.6. The van der Waals surface area contributed by atoms with Crippen LogP contribution in [0.5, 0.6) is 0 Å². The van der Waals surface area contributed by atoms with Gasteiger partial charge in [-0.1, -0.05) is 19.9 Å². The van der Waals surface area contributed by atoms with Crippen LogP contribution in [0.25, 0.3) is 0 Å². The van der Waals surface area contributed by atoms with E-state index in [1.165, 1.54) is 6.61 Å². The zero-order valence-electron chi connectivity index (χ0n) is 9.50. The molecule has 0 fully saturated rings. The number of esters is 1. The molecule has 0 aliphatic carbocycles. The summed E-state index contributed by atoms with van der Waals surface area (Å²) in [4.78, 5) is 31.9. The molecule has 0 atom stereocenters. The molecule has 0 saturated heterocycles. The third kappa shape index (κ3) is 48.0. The summed E-state index contributed by atoms with van der Waals surface area (Å²) in [5.74, 6) is -0.386. The van der Waals surface area contributed by atoms with Crippen molar-refractivity contribution in [1.82, 2.24) is 0 Å². The van der Waals surface area contributed by atoms with Crippen molar-refractivity contribution in [2.45, 2.75) is 19.8 Å². The third-order valence-electron chi connectivity index (χ3n) is 0.773. The minimum absolute atomic E-state index is 0. The minimum Gasteiger partial charge on any atom is -0.634 e.